The average molecular weight is 340 g/mol. The first-order valence-corrected chi connectivity index (χ1v) is 6.44. The molecule has 0 fully saturated rings. The van der Waals surface area contributed by atoms with Crippen LogP contribution in [0.4, 0.5) is 17.3 Å². The van der Waals surface area contributed by atoms with E-state index in [-0.39, 0.29) is 0 Å². The summed E-state index contributed by atoms with van der Waals surface area (Å²) in [6, 6.07) is 5.44. The second kappa shape index (κ2) is 6.40. The zero-order valence-electron chi connectivity index (χ0n) is 11.0. The predicted octanol–water partition coefficient (Wildman–Crippen LogP) is 2.29. The van der Waals surface area contributed by atoms with Gasteiger partial charge in [-0.15, -0.1) is 0 Å². The second-order valence-corrected chi connectivity index (χ2v) is 4.55. The van der Waals surface area contributed by atoms with Crippen LogP contribution in [-0.4, -0.2) is 24.2 Å². The number of hydrazine groups is 1. The Morgan fingerprint density at radius 3 is 2.20 bits per heavy atom. The van der Waals surface area contributed by atoms with Crippen molar-refractivity contribution in [3.63, 3.8) is 0 Å². The van der Waals surface area contributed by atoms with E-state index in [0.717, 1.165) is 5.69 Å². The van der Waals surface area contributed by atoms with Gasteiger partial charge in [0.25, 0.3) is 0 Å². The van der Waals surface area contributed by atoms with Gasteiger partial charge in [0.05, 0.1) is 14.2 Å². The Balaban J connectivity index is 2.34. The fourth-order valence-electron chi connectivity index (χ4n) is 1.57. The summed E-state index contributed by atoms with van der Waals surface area (Å²) in [5.41, 5.74) is 3.25. The Bertz CT molecular complexity index is 586. The molecule has 0 saturated heterocycles. The molecule has 2 rings (SSSR count). The van der Waals surface area contributed by atoms with E-state index in [1.807, 2.05) is 12.1 Å². The first-order chi connectivity index (χ1) is 9.67. The predicted molar refractivity (Wildman–Crippen MR) is 80.4 cm³/mol. The number of hydrogen-bond donors (Lipinski definition) is 3. The first kappa shape index (κ1) is 14.4. The van der Waals surface area contributed by atoms with E-state index in [0.29, 0.717) is 27.6 Å². The summed E-state index contributed by atoms with van der Waals surface area (Å²) >= 11 is 3.38. The topological polar surface area (TPSA) is 94.3 Å². The number of nitrogens with one attached hydrogen (secondary N) is 2. The highest BCUT2D eigenvalue weighted by atomic mass is 79.9. The molecular weight excluding hydrogens is 326 g/mol. The van der Waals surface area contributed by atoms with E-state index in [1.54, 1.807) is 20.3 Å². The number of nitrogens with zero attached hydrogens (tertiary/aromatic N) is 2. The lowest BCUT2D eigenvalue weighted by atomic mass is 10.2. The average Bonchev–Trinajstić information content (AvgIpc) is 2.49. The summed E-state index contributed by atoms with van der Waals surface area (Å²) in [6.07, 6.45) is 1.40. The lowest BCUT2D eigenvalue weighted by molar-refractivity contribution is 0.395. The van der Waals surface area contributed by atoms with E-state index in [9.17, 15) is 0 Å². The second-order valence-electron chi connectivity index (χ2n) is 3.76. The van der Waals surface area contributed by atoms with Crippen LogP contribution in [0.15, 0.2) is 29.0 Å². The molecular formula is C12H14BrN5O2. The Morgan fingerprint density at radius 2 is 1.65 bits per heavy atom. The third kappa shape index (κ3) is 3.09. The minimum Gasteiger partial charge on any atom is -0.497 e. The van der Waals surface area contributed by atoms with Crippen molar-refractivity contribution in [3.05, 3.63) is 29.0 Å². The standard InChI is InChI=1S/C12H14BrN5O2/c1-19-8-3-7(4-9(5-8)20-2)17-11-10(13)12(18-14)16-6-15-11/h3-6H,14H2,1-2H3,(H2,15,16,17,18). The van der Waals surface area contributed by atoms with Crippen molar-refractivity contribution >= 4 is 33.3 Å². The van der Waals surface area contributed by atoms with Crippen molar-refractivity contribution in [2.24, 2.45) is 5.84 Å². The van der Waals surface area contributed by atoms with E-state index < -0.39 is 0 Å². The van der Waals surface area contributed by atoms with Crippen molar-refractivity contribution in [1.82, 2.24) is 9.97 Å². The zero-order chi connectivity index (χ0) is 14.5. The van der Waals surface area contributed by atoms with Gasteiger partial charge in [-0.05, 0) is 15.9 Å². The molecule has 0 aliphatic rings. The molecule has 1 aromatic heterocycles. The number of halogens is 1. The monoisotopic (exact) mass is 339 g/mol. The zero-order valence-corrected chi connectivity index (χ0v) is 12.6. The summed E-state index contributed by atoms with van der Waals surface area (Å²) in [7, 11) is 3.19. The molecule has 1 aromatic carbocycles. The summed E-state index contributed by atoms with van der Waals surface area (Å²) < 4.78 is 11.1. The lowest BCUT2D eigenvalue weighted by Crippen LogP contribution is -2.10. The molecule has 0 radical (unpaired) electrons. The van der Waals surface area contributed by atoms with Crippen molar-refractivity contribution in [2.75, 3.05) is 25.0 Å². The number of rotatable bonds is 5. The van der Waals surface area contributed by atoms with Gasteiger partial charge in [-0.1, -0.05) is 0 Å². The number of hydrogen-bond acceptors (Lipinski definition) is 7. The van der Waals surface area contributed by atoms with Crippen LogP contribution in [0.25, 0.3) is 0 Å². The molecule has 0 unspecified atom stereocenters. The van der Waals surface area contributed by atoms with Crippen LogP contribution in [0.1, 0.15) is 0 Å². The van der Waals surface area contributed by atoms with Crippen LogP contribution in [-0.2, 0) is 0 Å². The molecule has 0 aliphatic carbocycles. The van der Waals surface area contributed by atoms with Crippen LogP contribution in [0, 0.1) is 0 Å². The van der Waals surface area contributed by atoms with Crippen molar-refractivity contribution in [1.29, 1.82) is 0 Å². The van der Waals surface area contributed by atoms with Gasteiger partial charge in [-0.2, -0.15) is 0 Å². The normalized spacial score (nSPS) is 10.0. The van der Waals surface area contributed by atoms with E-state index in [1.165, 1.54) is 6.33 Å². The molecule has 0 amide bonds. The fourth-order valence-corrected chi connectivity index (χ4v) is 1.99. The molecule has 106 valence electrons. The minimum absolute atomic E-state index is 0.484. The van der Waals surface area contributed by atoms with Gasteiger partial charge in [0.15, 0.2) is 5.82 Å². The van der Waals surface area contributed by atoms with Gasteiger partial charge in [-0.3, -0.25) is 0 Å². The van der Waals surface area contributed by atoms with Crippen LogP contribution in [0.3, 0.4) is 0 Å². The van der Waals surface area contributed by atoms with Gasteiger partial charge in [0.2, 0.25) is 0 Å². The number of anilines is 3. The Labute approximate surface area is 124 Å². The van der Waals surface area contributed by atoms with Gasteiger partial charge in [-0.25, -0.2) is 15.8 Å². The number of aromatic nitrogens is 2. The molecule has 20 heavy (non-hydrogen) atoms. The fraction of sp³-hybridized carbons (Fsp3) is 0.167. The molecule has 0 spiro atoms. The molecule has 0 aliphatic heterocycles. The largest absolute Gasteiger partial charge is 0.497 e. The quantitative estimate of drug-likeness (QED) is 0.568. The molecule has 0 atom stereocenters. The maximum Gasteiger partial charge on any atom is 0.159 e. The summed E-state index contributed by atoms with van der Waals surface area (Å²) in [5.74, 6) is 7.77. The number of nitrogens with two attached hydrogens (primary N) is 1. The Kier molecular flexibility index (Phi) is 4.59. The Hall–Kier alpha value is -2.06. The van der Waals surface area contributed by atoms with Gasteiger partial charge >= 0.3 is 0 Å². The van der Waals surface area contributed by atoms with E-state index in [4.69, 9.17) is 15.3 Å². The third-order valence-electron chi connectivity index (χ3n) is 2.54. The van der Waals surface area contributed by atoms with Crippen molar-refractivity contribution in [3.8, 4) is 11.5 Å². The van der Waals surface area contributed by atoms with Crippen LogP contribution >= 0.6 is 15.9 Å². The van der Waals surface area contributed by atoms with Gasteiger partial charge in [0.1, 0.15) is 28.1 Å². The first-order valence-electron chi connectivity index (χ1n) is 5.65. The van der Waals surface area contributed by atoms with Gasteiger partial charge in [0, 0.05) is 23.9 Å². The maximum atomic E-state index is 5.37. The SMILES string of the molecule is COc1cc(Nc2ncnc(NN)c2Br)cc(OC)c1. The summed E-state index contributed by atoms with van der Waals surface area (Å²) in [5, 5.41) is 3.14. The van der Waals surface area contributed by atoms with Crippen molar-refractivity contribution < 1.29 is 9.47 Å². The lowest BCUT2D eigenvalue weighted by Gasteiger charge is -2.12. The number of benzene rings is 1. The molecule has 0 bridgehead atoms. The molecule has 0 saturated carbocycles. The third-order valence-corrected chi connectivity index (χ3v) is 3.29. The molecule has 1 heterocycles. The highest BCUT2D eigenvalue weighted by Gasteiger charge is 2.09. The van der Waals surface area contributed by atoms with Crippen LogP contribution < -0.4 is 26.1 Å². The number of methoxy groups -OCH3 is 2. The highest BCUT2D eigenvalue weighted by Crippen LogP contribution is 2.31. The van der Waals surface area contributed by atoms with Crippen molar-refractivity contribution in [2.45, 2.75) is 0 Å². The molecule has 4 N–H and O–H groups in total. The molecule has 2 aromatic rings. The maximum absolute atomic E-state index is 5.37. The van der Waals surface area contributed by atoms with E-state index in [2.05, 4.69) is 36.6 Å². The number of ether oxygens (including phenoxy) is 2. The molecule has 8 heteroatoms. The summed E-state index contributed by atoms with van der Waals surface area (Å²) in [4.78, 5) is 8.13. The molecule has 7 nitrogen and oxygen atoms in total. The smallest absolute Gasteiger partial charge is 0.159 e. The number of nitrogen functional groups attached to an aromatic ring is 1. The highest BCUT2D eigenvalue weighted by molar-refractivity contribution is 9.10. The van der Waals surface area contributed by atoms with Gasteiger partial charge < -0.3 is 20.2 Å². The minimum atomic E-state index is 0.484. The van der Waals surface area contributed by atoms with E-state index >= 15 is 0 Å². The Morgan fingerprint density at radius 1 is 1.05 bits per heavy atom. The van der Waals surface area contributed by atoms with Crippen LogP contribution in [0.2, 0.25) is 0 Å². The summed E-state index contributed by atoms with van der Waals surface area (Å²) in [6.45, 7) is 0. The van der Waals surface area contributed by atoms with Crippen LogP contribution in [0.5, 0.6) is 11.5 Å².